The first kappa shape index (κ1) is 21.0. The number of nitrogens with one attached hydrogen (secondary N) is 2. The van der Waals surface area contributed by atoms with Gasteiger partial charge < -0.3 is 24.8 Å². The van der Waals surface area contributed by atoms with Crippen molar-refractivity contribution < 1.29 is 23.8 Å². The second kappa shape index (κ2) is 9.26. The number of carbonyl (C=O) groups is 2. The summed E-state index contributed by atoms with van der Waals surface area (Å²) in [5.74, 6) is 0.689. The van der Waals surface area contributed by atoms with Crippen LogP contribution in [-0.4, -0.2) is 25.7 Å². The van der Waals surface area contributed by atoms with Crippen LogP contribution in [0.4, 0.5) is 5.69 Å². The number of para-hydroxylation sites is 1. The molecule has 1 heterocycles. The quantitative estimate of drug-likeness (QED) is 0.574. The van der Waals surface area contributed by atoms with Crippen molar-refractivity contribution >= 4 is 23.6 Å². The molecule has 2 N–H and O–H groups in total. The third kappa shape index (κ3) is 4.73. The van der Waals surface area contributed by atoms with E-state index in [1.54, 1.807) is 60.7 Å². The lowest BCUT2D eigenvalue weighted by Gasteiger charge is -2.13. The SMILES string of the molecule is COc1ccccc1C(=O)N/C(=C/c1ccc2c(c1)OCO2)C(=O)Nc1ccc(C)cc1. The molecule has 1 aliphatic heterocycles. The van der Waals surface area contributed by atoms with E-state index < -0.39 is 11.8 Å². The van der Waals surface area contributed by atoms with Gasteiger partial charge in [0.2, 0.25) is 6.79 Å². The van der Waals surface area contributed by atoms with Gasteiger partial charge in [-0.15, -0.1) is 0 Å². The highest BCUT2D eigenvalue weighted by Gasteiger charge is 2.19. The van der Waals surface area contributed by atoms with Crippen molar-refractivity contribution in [3.8, 4) is 17.2 Å². The van der Waals surface area contributed by atoms with Crippen molar-refractivity contribution in [2.24, 2.45) is 0 Å². The normalized spacial score (nSPS) is 12.2. The number of hydrogen-bond donors (Lipinski definition) is 2. The minimum atomic E-state index is -0.464. The molecule has 0 fully saturated rings. The lowest BCUT2D eigenvalue weighted by Crippen LogP contribution is -2.31. The van der Waals surface area contributed by atoms with E-state index in [0.717, 1.165) is 5.56 Å². The van der Waals surface area contributed by atoms with E-state index in [1.165, 1.54) is 7.11 Å². The zero-order valence-electron chi connectivity index (χ0n) is 17.7. The molecule has 0 atom stereocenters. The predicted octanol–water partition coefficient (Wildman–Crippen LogP) is 4.14. The molecule has 3 aromatic rings. The highest BCUT2D eigenvalue weighted by molar-refractivity contribution is 6.11. The molecule has 0 aromatic heterocycles. The van der Waals surface area contributed by atoms with Crippen LogP contribution in [0.1, 0.15) is 21.5 Å². The average Bonchev–Trinajstić information content (AvgIpc) is 3.28. The number of carbonyl (C=O) groups excluding carboxylic acids is 2. The molecule has 3 aromatic carbocycles. The first-order chi connectivity index (χ1) is 15.5. The van der Waals surface area contributed by atoms with E-state index in [2.05, 4.69) is 10.6 Å². The van der Waals surface area contributed by atoms with Crippen molar-refractivity contribution in [3.63, 3.8) is 0 Å². The predicted molar refractivity (Wildman–Crippen MR) is 121 cm³/mol. The van der Waals surface area contributed by atoms with Crippen molar-refractivity contribution in [2.75, 3.05) is 19.2 Å². The number of aryl methyl sites for hydroxylation is 1. The van der Waals surface area contributed by atoms with Crippen LogP contribution in [0.5, 0.6) is 17.2 Å². The first-order valence-electron chi connectivity index (χ1n) is 9.97. The Balaban J connectivity index is 1.64. The molecule has 0 aliphatic carbocycles. The number of hydrogen-bond acceptors (Lipinski definition) is 5. The van der Waals surface area contributed by atoms with E-state index in [-0.39, 0.29) is 12.5 Å². The van der Waals surface area contributed by atoms with Crippen molar-refractivity contribution in [2.45, 2.75) is 6.92 Å². The molecule has 0 bridgehead atoms. The maximum atomic E-state index is 13.1. The molecule has 4 rings (SSSR count). The lowest BCUT2D eigenvalue weighted by molar-refractivity contribution is -0.113. The molecule has 0 saturated heterocycles. The van der Waals surface area contributed by atoms with Crippen LogP contribution in [0.2, 0.25) is 0 Å². The summed E-state index contributed by atoms with van der Waals surface area (Å²) in [5.41, 5.74) is 2.74. The second-order valence-electron chi connectivity index (χ2n) is 7.15. The minimum Gasteiger partial charge on any atom is -0.496 e. The lowest BCUT2D eigenvalue weighted by atomic mass is 10.1. The Bertz CT molecular complexity index is 1190. The average molecular weight is 430 g/mol. The summed E-state index contributed by atoms with van der Waals surface area (Å²) in [5, 5.41) is 5.53. The van der Waals surface area contributed by atoms with Gasteiger partial charge in [0.25, 0.3) is 11.8 Å². The van der Waals surface area contributed by atoms with E-state index in [4.69, 9.17) is 14.2 Å². The zero-order chi connectivity index (χ0) is 22.5. The van der Waals surface area contributed by atoms with Gasteiger partial charge in [-0.25, -0.2) is 0 Å². The smallest absolute Gasteiger partial charge is 0.272 e. The number of methoxy groups -OCH3 is 1. The Labute approximate surface area is 185 Å². The van der Waals surface area contributed by atoms with Crippen LogP contribution in [0.15, 0.2) is 72.4 Å². The largest absolute Gasteiger partial charge is 0.496 e. The molecule has 2 amide bonds. The summed E-state index contributed by atoms with van der Waals surface area (Å²) < 4.78 is 16.0. The minimum absolute atomic E-state index is 0.0698. The van der Waals surface area contributed by atoms with Crippen LogP contribution in [0.3, 0.4) is 0 Å². The first-order valence-corrected chi connectivity index (χ1v) is 9.97. The van der Waals surface area contributed by atoms with Gasteiger partial charge in [-0.3, -0.25) is 9.59 Å². The van der Waals surface area contributed by atoms with Crippen LogP contribution in [-0.2, 0) is 4.79 Å². The Morgan fingerprint density at radius 1 is 0.969 bits per heavy atom. The summed E-state index contributed by atoms with van der Waals surface area (Å²) in [7, 11) is 1.49. The highest BCUT2D eigenvalue weighted by atomic mass is 16.7. The molecule has 0 radical (unpaired) electrons. The van der Waals surface area contributed by atoms with Crippen molar-refractivity contribution in [3.05, 3.63) is 89.1 Å². The van der Waals surface area contributed by atoms with E-state index >= 15 is 0 Å². The Morgan fingerprint density at radius 2 is 1.72 bits per heavy atom. The molecule has 7 heteroatoms. The molecule has 0 spiro atoms. The molecule has 7 nitrogen and oxygen atoms in total. The van der Waals surface area contributed by atoms with E-state index in [1.807, 2.05) is 19.1 Å². The van der Waals surface area contributed by atoms with Gasteiger partial charge in [-0.05, 0) is 55.0 Å². The molecular formula is C25H22N2O5. The monoisotopic (exact) mass is 430 g/mol. The number of benzene rings is 3. The highest BCUT2D eigenvalue weighted by Crippen LogP contribution is 2.33. The standard InChI is InChI=1S/C25H22N2O5/c1-16-7-10-18(11-8-16)26-25(29)20(13-17-9-12-22-23(14-17)32-15-31-22)27-24(28)19-5-3-4-6-21(19)30-2/h3-14H,15H2,1-2H3,(H,26,29)(H,27,28)/b20-13+. The summed E-state index contributed by atoms with van der Waals surface area (Å²) in [4.78, 5) is 26.0. The van der Waals surface area contributed by atoms with Crippen LogP contribution >= 0.6 is 0 Å². The number of rotatable bonds is 6. The number of anilines is 1. The van der Waals surface area contributed by atoms with Gasteiger partial charge >= 0.3 is 0 Å². The third-order valence-electron chi connectivity index (χ3n) is 4.86. The number of fused-ring (bicyclic) bond motifs is 1. The van der Waals surface area contributed by atoms with Gasteiger partial charge in [0, 0.05) is 5.69 Å². The topological polar surface area (TPSA) is 85.9 Å². The zero-order valence-corrected chi connectivity index (χ0v) is 17.7. The Hall–Kier alpha value is -4.26. The second-order valence-corrected chi connectivity index (χ2v) is 7.15. The maximum Gasteiger partial charge on any atom is 0.272 e. The summed E-state index contributed by atoms with van der Waals surface area (Å²) in [6.45, 7) is 2.11. The molecule has 162 valence electrons. The fourth-order valence-electron chi connectivity index (χ4n) is 3.19. The third-order valence-corrected chi connectivity index (χ3v) is 4.86. The summed E-state index contributed by atoms with van der Waals surface area (Å²) in [6.07, 6.45) is 1.58. The number of amides is 2. The van der Waals surface area contributed by atoms with Gasteiger partial charge in [0.15, 0.2) is 11.5 Å². The maximum absolute atomic E-state index is 13.1. The number of ether oxygens (including phenoxy) is 3. The van der Waals surface area contributed by atoms with Crippen LogP contribution in [0.25, 0.3) is 6.08 Å². The van der Waals surface area contributed by atoms with E-state index in [0.29, 0.717) is 34.1 Å². The molecule has 0 unspecified atom stereocenters. The molecule has 32 heavy (non-hydrogen) atoms. The Morgan fingerprint density at radius 3 is 2.50 bits per heavy atom. The molecule has 1 aliphatic rings. The van der Waals surface area contributed by atoms with Crippen molar-refractivity contribution in [1.29, 1.82) is 0 Å². The molecule has 0 saturated carbocycles. The Kier molecular flexibility index (Phi) is 6.07. The van der Waals surface area contributed by atoms with Gasteiger partial charge in [0.05, 0.1) is 12.7 Å². The summed E-state index contributed by atoms with van der Waals surface area (Å²) in [6, 6.07) is 19.5. The van der Waals surface area contributed by atoms with Gasteiger partial charge in [-0.1, -0.05) is 35.9 Å². The van der Waals surface area contributed by atoms with Gasteiger partial charge in [0.1, 0.15) is 11.4 Å². The van der Waals surface area contributed by atoms with Crippen LogP contribution in [0, 0.1) is 6.92 Å². The van der Waals surface area contributed by atoms with Crippen LogP contribution < -0.4 is 24.8 Å². The molecular weight excluding hydrogens is 408 g/mol. The summed E-state index contributed by atoms with van der Waals surface area (Å²) >= 11 is 0. The van der Waals surface area contributed by atoms with Crippen molar-refractivity contribution in [1.82, 2.24) is 5.32 Å². The fourth-order valence-corrected chi connectivity index (χ4v) is 3.19. The fraction of sp³-hybridized carbons (Fsp3) is 0.120. The van der Waals surface area contributed by atoms with Gasteiger partial charge in [-0.2, -0.15) is 0 Å². The van der Waals surface area contributed by atoms with E-state index in [9.17, 15) is 9.59 Å².